The number of hydrogen-bond acceptors (Lipinski definition) is 10. The Morgan fingerprint density at radius 3 is 2.26 bits per heavy atom. The molecule has 0 fully saturated rings. The number of nitrogens with two attached hydrogens (primary N) is 3. The molecule has 0 aliphatic heterocycles. The second kappa shape index (κ2) is 13.5. The third-order valence-corrected chi connectivity index (χ3v) is 5.19. The average Bonchev–Trinajstić information content (AvgIpc) is 2.83. The smallest absolute Gasteiger partial charge is 0.349 e. The van der Waals surface area contributed by atoms with Gasteiger partial charge < -0.3 is 32.3 Å². The number of carbonyl (C=O) groups excluding carboxylic acids is 4. The Morgan fingerprint density at radius 1 is 1.03 bits per heavy atom. The number of nitrogens with one attached hydrogen (secondary N) is 2. The summed E-state index contributed by atoms with van der Waals surface area (Å²) < 4.78 is 2.01. The van der Waals surface area contributed by atoms with Crippen LogP contribution in [0.1, 0.15) is 5.56 Å². The fourth-order valence-electron chi connectivity index (χ4n) is 3.28. The highest BCUT2D eigenvalue weighted by molar-refractivity contribution is 5.85. The lowest BCUT2D eigenvalue weighted by Gasteiger charge is -2.24. The van der Waals surface area contributed by atoms with Crippen LogP contribution < -0.4 is 39.5 Å². The number of aromatic nitrogens is 4. The first-order valence-electron chi connectivity index (χ1n) is 11.3. The lowest BCUT2D eigenvalue weighted by Crippen LogP contribution is -2.48. The van der Waals surface area contributed by atoms with Gasteiger partial charge in [-0.25, -0.2) is 9.59 Å². The van der Waals surface area contributed by atoms with E-state index in [-0.39, 0.29) is 50.6 Å². The lowest BCUT2D eigenvalue weighted by molar-refractivity contribution is -0.137. The first-order valence-corrected chi connectivity index (χ1v) is 11.3. The van der Waals surface area contributed by atoms with Crippen molar-refractivity contribution in [3.05, 3.63) is 55.3 Å². The molecule has 2 aromatic rings. The fourth-order valence-corrected chi connectivity index (χ4v) is 3.28. The quantitative estimate of drug-likeness (QED) is 0.163. The maximum absolute atomic E-state index is 12.7. The van der Waals surface area contributed by atoms with Crippen molar-refractivity contribution < 1.29 is 19.2 Å². The van der Waals surface area contributed by atoms with Gasteiger partial charge in [0.2, 0.25) is 23.6 Å². The van der Waals surface area contributed by atoms with Crippen LogP contribution in [0.5, 0.6) is 0 Å². The summed E-state index contributed by atoms with van der Waals surface area (Å²) in [6.07, 6.45) is 2.51. The third kappa shape index (κ3) is 8.70. The van der Waals surface area contributed by atoms with Gasteiger partial charge in [0.1, 0.15) is 18.9 Å². The molecule has 17 heteroatoms. The Kier molecular flexibility index (Phi) is 10.4. The standard InChI is InChI=1S/C21H30N10O7/c1-13-8-31(21(38)27-19(13)36)12-18(35)29(9-15(24)32)7-4-25-16(33)10-28(6-3-22)17(34)11-30-5-2-14(23)26-20(30)37/h2,5,8H,3-4,6-7,9-12,22H2,1H3,(H2,24,32)(H,25,33)(H2,23,26,37)(H,27,36,38). The zero-order valence-electron chi connectivity index (χ0n) is 20.7. The van der Waals surface area contributed by atoms with Crippen LogP contribution in [0.2, 0.25) is 0 Å². The summed E-state index contributed by atoms with van der Waals surface area (Å²) in [5, 5.41) is 2.53. The molecule has 206 valence electrons. The van der Waals surface area contributed by atoms with Crippen molar-refractivity contribution in [2.75, 3.05) is 45.0 Å². The first kappa shape index (κ1) is 29.4. The van der Waals surface area contributed by atoms with Crippen LogP contribution >= 0.6 is 0 Å². The van der Waals surface area contributed by atoms with Crippen LogP contribution in [-0.4, -0.2) is 91.8 Å². The molecule has 0 unspecified atom stereocenters. The van der Waals surface area contributed by atoms with Gasteiger partial charge in [0, 0.05) is 44.1 Å². The van der Waals surface area contributed by atoms with E-state index in [2.05, 4.69) is 15.3 Å². The molecule has 0 saturated carbocycles. The summed E-state index contributed by atoms with van der Waals surface area (Å²) in [5.74, 6) is -2.63. The Morgan fingerprint density at radius 2 is 1.66 bits per heavy atom. The van der Waals surface area contributed by atoms with E-state index in [4.69, 9.17) is 17.2 Å². The van der Waals surface area contributed by atoms with Crippen molar-refractivity contribution in [3.63, 3.8) is 0 Å². The molecule has 0 bridgehead atoms. The largest absolute Gasteiger partial charge is 0.383 e. The normalized spacial score (nSPS) is 10.6. The van der Waals surface area contributed by atoms with Gasteiger partial charge in [0.15, 0.2) is 0 Å². The van der Waals surface area contributed by atoms with E-state index in [1.807, 2.05) is 0 Å². The van der Waals surface area contributed by atoms with Crippen LogP contribution in [0.4, 0.5) is 5.82 Å². The highest BCUT2D eigenvalue weighted by Gasteiger charge is 2.20. The van der Waals surface area contributed by atoms with Crippen molar-refractivity contribution in [1.29, 1.82) is 0 Å². The summed E-state index contributed by atoms with van der Waals surface area (Å²) in [6, 6.07) is 1.35. The molecule has 0 aliphatic rings. The number of nitrogen functional groups attached to an aromatic ring is 1. The minimum Gasteiger partial charge on any atom is -0.383 e. The number of anilines is 1. The van der Waals surface area contributed by atoms with E-state index >= 15 is 0 Å². The molecule has 4 amide bonds. The highest BCUT2D eigenvalue weighted by atomic mass is 16.2. The number of aryl methyl sites for hydroxylation is 1. The maximum Gasteiger partial charge on any atom is 0.349 e. The number of carbonyl (C=O) groups is 4. The van der Waals surface area contributed by atoms with Gasteiger partial charge in [-0.15, -0.1) is 0 Å². The molecule has 8 N–H and O–H groups in total. The minimum absolute atomic E-state index is 0.00151. The van der Waals surface area contributed by atoms with Crippen LogP contribution in [0, 0.1) is 6.92 Å². The molecule has 0 atom stereocenters. The molecular weight excluding hydrogens is 504 g/mol. The molecule has 0 spiro atoms. The molecule has 0 aromatic carbocycles. The van der Waals surface area contributed by atoms with Crippen LogP contribution in [-0.2, 0) is 32.3 Å². The van der Waals surface area contributed by atoms with E-state index in [9.17, 15) is 33.6 Å². The number of hydrogen-bond donors (Lipinski definition) is 5. The lowest BCUT2D eigenvalue weighted by atomic mass is 10.3. The minimum atomic E-state index is -0.818. The Labute approximate surface area is 215 Å². The monoisotopic (exact) mass is 534 g/mol. The van der Waals surface area contributed by atoms with Crippen molar-refractivity contribution in [2.24, 2.45) is 11.5 Å². The molecular formula is C21H30N10O7. The molecule has 2 aromatic heterocycles. The molecule has 17 nitrogen and oxygen atoms in total. The zero-order valence-corrected chi connectivity index (χ0v) is 20.7. The van der Waals surface area contributed by atoms with Gasteiger partial charge in [-0.05, 0) is 13.0 Å². The number of aromatic amines is 1. The van der Waals surface area contributed by atoms with Crippen LogP contribution in [0.15, 0.2) is 32.8 Å². The van der Waals surface area contributed by atoms with E-state index in [1.54, 1.807) is 0 Å². The van der Waals surface area contributed by atoms with E-state index in [1.165, 1.54) is 25.4 Å². The number of nitrogens with zero attached hydrogens (tertiary/aromatic N) is 5. The van der Waals surface area contributed by atoms with Gasteiger partial charge in [-0.2, -0.15) is 4.98 Å². The topological polar surface area (TPSA) is 255 Å². The highest BCUT2D eigenvalue weighted by Crippen LogP contribution is 1.97. The summed E-state index contributed by atoms with van der Waals surface area (Å²) in [6.45, 7) is -0.428. The van der Waals surface area contributed by atoms with Gasteiger partial charge >= 0.3 is 11.4 Å². The van der Waals surface area contributed by atoms with Crippen LogP contribution in [0.25, 0.3) is 0 Å². The van der Waals surface area contributed by atoms with Gasteiger partial charge in [-0.1, -0.05) is 0 Å². The van der Waals surface area contributed by atoms with Gasteiger partial charge in [0.05, 0.1) is 13.1 Å². The summed E-state index contributed by atoms with van der Waals surface area (Å²) >= 11 is 0. The van der Waals surface area contributed by atoms with Crippen molar-refractivity contribution in [3.8, 4) is 0 Å². The number of primary amides is 1. The summed E-state index contributed by atoms with van der Waals surface area (Å²) in [4.78, 5) is 92.4. The number of H-pyrrole nitrogens is 1. The van der Waals surface area contributed by atoms with Crippen molar-refractivity contribution in [2.45, 2.75) is 20.0 Å². The zero-order chi connectivity index (χ0) is 28.4. The molecule has 0 saturated heterocycles. The fraction of sp³-hybridized carbons (Fsp3) is 0.429. The first-order chi connectivity index (χ1) is 17.9. The summed E-state index contributed by atoms with van der Waals surface area (Å²) in [7, 11) is 0. The SMILES string of the molecule is Cc1cn(CC(=O)N(CCNC(=O)CN(CCN)C(=O)Cn2ccc(N)nc2=O)CC(N)=O)c(=O)[nH]c1=O. The van der Waals surface area contributed by atoms with Crippen LogP contribution in [0.3, 0.4) is 0 Å². The van der Waals surface area contributed by atoms with Crippen molar-refractivity contribution >= 4 is 29.4 Å². The second-order valence-corrected chi connectivity index (χ2v) is 8.20. The van der Waals surface area contributed by atoms with E-state index in [0.717, 1.165) is 18.9 Å². The predicted octanol–water partition coefficient (Wildman–Crippen LogP) is -5.10. The summed E-state index contributed by atoms with van der Waals surface area (Å²) in [5.41, 5.74) is 14.3. The molecule has 0 radical (unpaired) electrons. The van der Waals surface area contributed by atoms with Gasteiger partial charge in [-0.3, -0.25) is 38.1 Å². The molecule has 0 aliphatic carbocycles. The van der Waals surface area contributed by atoms with Crippen molar-refractivity contribution in [1.82, 2.24) is 34.2 Å². The van der Waals surface area contributed by atoms with E-state index < -0.39 is 53.7 Å². The third-order valence-electron chi connectivity index (χ3n) is 5.19. The second-order valence-electron chi connectivity index (χ2n) is 8.20. The predicted molar refractivity (Wildman–Crippen MR) is 133 cm³/mol. The van der Waals surface area contributed by atoms with E-state index in [0.29, 0.717) is 0 Å². The van der Waals surface area contributed by atoms with Gasteiger partial charge in [0.25, 0.3) is 5.56 Å². The molecule has 2 heterocycles. The maximum atomic E-state index is 12.7. The average molecular weight is 535 g/mol. The molecule has 2 rings (SSSR count). The number of amides is 4. The number of rotatable bonds is 13. The molecule has 38 heavy (non-hydrogen) atoms. The Hall–Kier alpha value is -4.80. The Balaban J connectivity index is 1.98. The Bertz CT molecular complexity index is 1360.